The molecule has 48 heavy (non-hydrogen) atoms. The Balaban J connectivity index is 0.000000417. The van der Waals surface area contributed by atoms with Crippen molar-refractivity contribution in [3.63, 3.8) is 0 Å². The zero-order valence-corrected chi connectivity index (χ0v) is 34.3. The molecule has 0 amide bonds. The van der Waals surface area contributed by atoms with E-state index in [0.717, 1.165) is 41.1 Å². The van der Waals surface area contributed by atoms with Crippen LogP contribution in [-0.4, -0.2) is 54.8 Å². The van der Waals surface area contributed by atoms with E-state index in [0.29, 0.717) is 5.91 Å². The Kier molecular flexibility index (Phi) is 24.4. The molecule has 266 valence electrons. The van der Waals surface area contributed by atoms with Crippen LogP contribution in [0.3, 0.4) is 0 Å². The van der Waals surface area contributed by atoms with Crippen molar-refractivity contribution in [3.05, 3.63) is 139 Å². The number of hydrogen-bond donors (Lipinski definition) is 0. The van der Waals surface area contributed by atoms with Gasteiger partial charge in [-0.05, 0) is 57.6 Å². The van der Waals surface area contributed by atoms with Gasteiger partial charge in [-0.15, -0.1) is 56.4 Å². The fourth-order valence-corrected chi connectivity index (χ4v) is 10.1. The van der Waals surface area contributed by atoms with Gasteiger partial charge in [0.15, 0.2) is 0 Å². The molecular weight excluding hydrogens is 681 g/mol. The third kappa shape index (κ3) is 21.5. The standard InChI is InChI=1S/C22H44N3P.3C7H7.Zr/c1-22(2,3)24-21(23-17-12-18-25(4)5)26(19-13-8-6-9-14-19)20-15-10-7-11-16-20;3*1-7-5-3-2-4-6-7;/h19-21H,6-18H2,1-5H3;3*2-6H,1H2;/q-2;3*-1;. The van der Waals surface area contributed by atoms with Gasteiger partial charge in [-0.25, -0.2) is 5.91 Å². The quantitative estimate of drug-likeness (QED) is 0.122. The van der Waals surface area contributed by atoms with Crippen molar-refractivity contribution in [2.45, 2.75) is 114 Å². The minimum absolute atomic E-state index is 0. The van der Waals surface area contributed by atoms with Gasteiger partial charge in [-0.3, -0.25) is 0 Å². The van der Waals surface area contributed by atoms with Crippen LogP contribution in [0.1, 0.15) is 108 Å². The number of nitrogens with zero attached hydrogens (tertiary/aromatic N) is 3. The molecule has 3 aromatic rings. The summed E-state index contributed by atoms with van der Waals surface area (Å²) in [6.07, 6.45) is 15.6. The SMILES string of the molecule is CN(C)CCC[N-]C([N-]C(C)(C)C)P(C1CCCCC1)C1CCCCC1.[CH2-]c1ccccc1.[CH2-]c1ccccc1.[CH2-]c1ccccc1.[Zr]. The van der Waals surface area contributed by atoms with Crippen molar-refractivity contribution in [2.75, 3.05) is 27.2 Å². The molecule has 0 saturated heterocycles. The van der Waals surface area contributed by atoms with Crippen LogP contribution >= 0.6 is 7.92 Å². The molecule has 5 heteroatoms. The van der Waals surface area contributed by atoms with Gasteiger partial charge in [0.2, 0.25) is 0 Å². The molecule has 2 fully saturated rings. The van der Waals surface area contributed by atoms with Crippen LogP contribution in [0.4, 0.5) is 0 Å². The van der Waals surface area contributed by atoms with Gasteiger partial charge in [-0.1, -0.05) is 83.9 Å². The van der Waals surface area contributed by atoms with E-state index in [2.05, 4.69) is 60.5 Å². The molecule has 0 aliphatic heterocycles. The first-order valence-electron chi connectivity index (χ1n) is 18.0. The molecule has 1 atom stereocenters. The van der Waals surface area contributed by atoms with E-state index in [1.165, 1.54) is 70.6 Å². The third-order valence-corrected chi connectivity index (χ3v) is 11.9. The molecule has 0 bridgehead atoms. The summed E-state index contributed by atoms with van der Waals surface area (Å²) in [7, 11) is 4.22. The summed E-state index contributed by atoms with van der Waals surface area (Å²) in [5.74, 6) is 0.290. The van der Waals surface area contributed by atoms with Crippen LogP contribution in [0.5, 0.6) is 0 Å². The summed E-state index contributed by atoms with van der Waals surface area (Å²) in [5, 5.41) is 10.6. The zero-order valence-electron chi connectivity index (χ0n) is 31.0. The van der Waals surface area contributed by atoms with Gasteiger partial charge < -0.3 is 15.5 Å². The molecule has 0 spiro atoms. The predicted octanol–water partition coefficient (Wildman–Crippen LogP) is 12.5. The molecule has 3 aromatic carbocycles. The summed E-state index contributed by atoms with van der Waals surface area (Å²) in [5.41, 5.74) is 5.10. The fraction of sp³-hybridized carbons (Fsp3) is 0.512. The summed E-state index contributed by atoms with van der Waals surface area (Å²) >= 11 is 0. The van der Waals surface area contributed by atoms with Gasteiger partial charge >= 0.3 is 0 Å². The topological polar surface area (TPSA) is 31.4 Å². The molecule has 0 aromatic heterocycles. The first-order chi connectivity index (χ1) is 22.5. The maximum atomic E-state index is 5.32. The molecule has 0 N–H and O–H groups in total. The second-order valence-corrected chi connectivity index (χ2v) is 17.0. The maximum absolute atomic E-state index is 5.32. The smallest absolute Gasteiger partial charge is 0 e. The van der Waals surface area contributed by atoms with Crippen LogP contribution in [0, 0.1) is 20.8 Å². The van der Waals surface area contributed by atoms with Crippen molar-refractivity contribution in [1.29, 1.82) is 0 Å². The van der Waals surface area contributed by atoms with Crippen LogP contribution < -0.4 is 0 Å². The van der Waals surface area contributed by atoms with Crippen molar-refractivity contribution in [2.24, 2.45) is 0 Å². The average Bonchev–Trinajstić information content (AvgIpc) is 3.05. The number of benzene rings is 3. The summed E-state index contributed by atoms with van der Waals surface area (Å²) in [6, 6.07) is 29.6. The second-order valence-electron chi connectivity index (χ2n) is 14.2. The Morgan fingerprint density at radius 2 is 1.00 bits per heavy atom. The molecule has 0 heterocycles. The van der Waals surface area contributed by atoms with E-state index in [9.17, 15) is 0 Å². The Morgan fingerprint density at radius 1 is 0.646 bits per heavy atom. The van der Waals surface area contributed by atoms with Gasteiger partial charge in [0.05, 0.1) is 0 Å². The summed E-state index contributed by atoms with van der Waals surface area (Å²) < 4.78 is 0. The molecular formula is C43H65N3PZr-5. The molecule has 1 unspecified atom stereocenters. The predicted molar refractivity (Wildman–Crippen MR) is 212 cm³/mol. The molecule has 2 aliphatic rings. The van der Waals surface area contributed by atoms with Crippen molar-refractivity contribution >= 4 is 7.92 Å². The van der Waals surface area contributed by atoms with E-state index in [-0.39, 0.29) is 39.7 Å². The van der Waals surface area contributed by atoms with Crippen molar-refractivity contribution < 1.29 is 26.2 Å². The minimum Gasteiger partial charge on any atom is -0.674 e. The normalized spacial score (nSPS) is 15.8. The van der Waals surface area contributed by atoms with Gasteiger partial charge in [0, 0.05) is 26.2 Å². The van der Waals surface area contributed by atoms with Crippen LogP contribution in [-0.2, 0) is 26.2 Å². The van der Waals surface area contributed by atoms with Crippen molar-refractivity contribution in [1.82, 2.24) is 4.90 Å². The Morgan fingerprint density at radius 3 is 1.27 bits per heavy atom. The summed E-state index contributed by atoms with van der Waals surface area (Å²) in [4.78, 5) is 2.27. The Bertz CT molecular complexity index is 1020. The van der Waals surface area contributed by atoms with Gasteiger partial charge in [0.1, 0.15) is 0 Å². The molecule has 5 rings (SSSR count). The molecule has 3 nitrogen and oxygen atoms in total. The van der Waals surface area contributed by atoms with Crippen molar-refractivity contribution in [3.8, 4) is 0 Å². The van der Waals surface area contributed by atoms with Gasteiger partial charge in [-0.2, -0.15) is 73.9 Å². The second kappa shape index (κ2) is 26.3. The number of rotatable bonds is 9. The zero-order chi connectivity index (χ0) is 34.3. The summed E-state index contributed by atoms with van der Waals surface area (Å²) in [6.45, 7) is 20.1. The molecule has 2 saturated carbocycles. The molecule has 0 radical (unpaired) electrons. The van der Waals surface area contributed by atoms with Crippen LogP contribution in [0.2, 0.25) is 0 Å². The van der Waals surface area contributed by atoms with E-state index < -0.39 is 0 Å². The molecule has 2 aliphatic carbocycles. The Hall–Kier alpha value is -1.54. The first kappa shape index (κ1) is 44.5. The third-order valence-electron chi connectivity index (χ3n) is 8.35. The van der Waals surface area contributed by atoms with Gasteiger partial charge in [0.25, 0.3) is 0 Å². The maximum Gasteiger partial charge on any atom is 0 e. The fourth-order valence-electron chi connectivity index (χ4n) is 6.01. The van der Waals surface area contributed by atoms with E-state index in [4.69, 9.17) is 10.6 Å². The van der Waals surface area contributed by atoms with E-state index >= 15 is 0 Å². The van der Waals surface area contributed by atoms with Crippen LogP contribution in [0.25, 0.3) is 10.6 Å². The van der Waals surface area contributed by atoms with Crippen LogP contribution in [0.15, 0.2) is 91.0 Å². The van der Waals surface area contributed by atoms with E-state index in [1.807, 2.05) is 91.0 Å². The minimum atomic E-state index is -0.104. The number of hydrogen-bond acceptors (Lipinski definition) is 1. The first-order valence-corrected chi connectivity index (χ1v) is 19.5. The Labute approximate surface area is 317 Å². The van der Waals surface area contributed by atoms with E-state index in [1.54, 1.807) is 0 Å². The largest absolute Gasteiger partial charge is 0.674 e. The average molecular weight is 746 g/mol. The monoisotopic (exact) mass is 744 g/mol.